The summed E-state index contributed by atoms with van der Waals surface area (Å²) in [6.07, 6.45) is 3.55. The number of anilines is 1. The largest absolute Gasteiger partial charge is 0.375 e. The van der Waals surface area contributed by atoms with Gasteiger partial charge in [0.25, 0.3) is 0 Å². The predicted molar refractivity (Wildman–Crippen MR) is 65.7 cm³/mol. The predicted octanol–water partition coefficient (Wildman–Crippen LogP) is 1.51. The molecule has 6 heteroatoms. The van der Waals surface area contributed by atoms with Gasteiger partial charge in [-0.1, -0.05) is 0 Å². The molecule has 2 heterocycles. The van der Waals surface area contributed by atoms with Crippen molar-refractivity contribution in [1.82, 2.24) is 24.5 Å². The Hall–Kier alpha value is -1.85. The Balaban J connectivity index is 2.07. The van der Waals surface area contributed by atoms with Gasteiger partial charge in [0.05, 0.1) is 17.9 Å². The Labute approximate surface area is 101 Å². The van der Waals surface area contributed by atoms with Gasteiger partial charge in [0, 0.05) is 19.3 Å². The molecule has 6 nitrogen and oxygen atoms in total. The zero-order chi connectivity index (χ0) is 12.4. The van der Waals surface area contributed by atoms with Crippen LogP contribution in [0.25, 0.3) is 0 Å². The average Bonchev–Trinajstić information content (AvgIpc) is 2.82. The first-order valence-electron chi connectivity index (χ1n) is 5.70. The number of hydrogen-bond acceptors (Lipinski definition) is 4. The molecule has 0 spiro atoms. The molecule has 0 fully saturated rings. The van der Waals surface area contributed by atoms with Crippen molar-refractivity contribution in [2.75, 3.05) is 5.32 Å². The third kappa shape index (κ3) is 2.46. The van der Waals surface area contributed by atoms with E-state index >= 15 is 0 Å². The number of rotatable bonds is 4. The first-order chi connectivity index (χ1) is 8.08. The average molecular weight is 234 g/mol. The number of hydrogen-bond donors (Lipinski definition) is 1. The van der Waals surface area contributed by atoms with E-state index in [9.17, 15) is 0 Å². The Bertz CT molecular complexity index is 496. The number of aromatic nitrogens is 5. The van der Waals surface area contributed by atoms with Gasteiger partial charge in [-0.15, -0.1) is 0 Å². The van der Waals surface area contributed by atoms with Crippen LogP contribution in [0.15, 0.2) is 12.5 Å². The summed E-state index contributed by atoms with van der Waals surface area (Å²) in [4.78, 5) is 4.25. The van der Waals surface area contributed by atoms with Gasteiger partial charge in [-0.25, -0.2) is 9.67 Å². The van der Waals surface area contributed by atoms with Crippen molar-refractivity contribution in [3.63, 3.8) is 0 Å². The van der Waals surface area contributed by atoms with Crippen LogP contribution in [0.5, 0.6) is 0 Å². The van der Waals surface area contributed by atoms with Crippen molar-refractivity contribution < 1.29 is 0 Å². The first-order valence-corrected chi connectivity index (χ1v) is 5.70. The molecule has 2 rings (SSSR count). The Morgan fingerprint density at radius 3 is 2.76 bits per heavy atom. The fourth-order valence-corrected chi connectivity index (χ4v) is 1.78. The van der Waals surface area contributed by atoms with E-state index in [4.69, 9.17) is 0 Å². The van der Waals surface area contributed by atoms with E-state index in [1.807, 2.05) is 24.9 Å². The zero-order valence-electron chi connectivity index (χ0n) is 10.7. The van der Waals surface area contributed by atoms with Gasteiger partial charge in [-0.3, -0.25) is 4.68 Å². The molecule has 0 aromatic carbocycles. The van der Waals surface area contributed by atoms with Crippen LogP contribution in [0.3, 0.4) is 0 Å². The second-order valence-corrected chi connectivity index (χ2v) is 4.37. The van der Waals surface area contributed by atoms with Crippen LogP contribution in [-0.2, 0) is 13.6 Å². The summed E-state index contributed by atoms with van der Waals surface area (Å²) in [7, 11) is 1.91. The molecule has 1 N–H and O–H groups in total. The van der Waals surface area contributed by atoms with Crippen LogP contribution in [0, 0.1) is 6.92 Å². The Morgan fingerprint density at radius 1 is 1.41 bits per heavy atom. The van der Waals surface area contributed by atoms with Crippen molar-refractivity contribution in [3.8, 4) is 0 Å². The fourth-order valence-electron chi connectivity index (χ4n) is 1.78. The zero-order valence-corrected chi connectivity index (χ0v) is 10.7. The second kappa shape index (κ2) is 4.57. The van der Waals surface area contributed by atoms with E-state index < -0.39 is 0 Å². The highest BCUT2D eigenvalue weighted by Crippen LogP contribution is 2.13. The lowest BCUT2D eigenvalue weighted by molar-refractivity contribution is 0.509. The molecule has 0 atom stereocenters. The normalized spacial score (nSPS) is 11.1. The standard InChI is InChI=1S/C11H18N6/c1-8(2)17-11(13-7-14-17)5-12-10-6-16(4)15-9(10)3/h6-8,12H,5H2,1-4H3. The summed E-state index contributed by atoms with van der Waals surface area (Å²) in [6.45, 7) is 6.82. The van der Waals surface area contributed by atoms with Gasteiger partial charge < -0.3 is 5.32 Å². The fraction of sp³-hybridized carbons (Fsp3) is 0.545. The third-order valence-corrected chi connectivity index (χ3v) is 2.59. The molecule has 0 amide bonds. The lowest BCUT2D eigenvalue weighted by Gasteiger charge is -2.10. The van der Waals surface area contributed by atoms with Gasteiger partial charge in [0.1, 0.15) is 12.2 Å². The van der Waals surface area contributed by atoms with Crippen LogP contribution in [0.2, 0.25) is 0 Å². The summed E-state index contributed by atoms with van der Waals surface area (Å²) in [6, 6.07) is 0.323. The molecule has 2 aromatic rings. The summed E-state index contributed by atoms with van der Waals surface area (Å²) in [5, 5.41) is 11.8. The van der Waals surface area contributed by atoms with E-state index in [1.54, 1.807) is 11.0 Å². The number of aryl methyl sites for hydroxylation is 2. The molecule has 0 unspecified atom stereocenters. The molecule has 17 heavy (non-hydrogen) atoms. The molecule has 0 aliphatic carbocycles. The highest BCUT2D eigenvalue weighted by atomic mass is 15.4. The maximum Gasteiger partial charge on any atom is 0.146 e. The van der Waals surface area contributed by atoms with Gasteiger partial charge in [-0.2, -0.15) is 10.2 Å². The minimum absolute atomic E-state index is 0.323. The Kier molecular flexibility index (Phi) is 3.12. The SMILES string of the molecule is Cc1nn(C)cc1NCc1ncnn1C(C)C. The summed E-state index contributed by atoms with van der Waals surface area (Å²) in [5.41, 5.74) is 2.02. The van der Waals surface area contributed by atoms with E-state index in [0.29, 0.717) is 12.6 Å². The van der Waals surface area contributed by atoms with Gasteiger partial charge >= 0.3 is 0 Å². The molecule has 0 saturated carbocycles. The lowest BCUT2D eigenvalue weighted by atomic mass is 10.3. The molecule has 0 saturated heterocycles. The molecular formula is C11H18N6. The van der Waals surface area contributed by atoms with E-state index in [-0.39, 0.29) is 0 Å². The molecule has 2 aromatic heterocycles. The van der Waals surface area contributed by atoms with E-state index in [2.05, 4.69) is 34.3 Å². The van der Waals surface area contributed by atoms with Gasteiger partial charge in [-0.05, 0) is 20.8 Å². The lowest BCUT2D eigenvalue weighted by Crippen LogP contribution is -2.12. The third-order valence-electron chi connectivity index (χ3n) is 2.59. The molecule has 0 aliphatic rings. The van der Waals surface area contributed by atoms with Crippen LogP contribution in [0.4, 0.5) is 5.69 Å². The summed E-state index contributed by atoms with van der Waals surface area (Å²) < 4.78 is 3.71. The highest BCUT2D eigenvalue weighted by Gasteiger charge is 2.08. The quantitative estimate of drug-likeness (QED) is 0.871. The van der Waals surface area contributed by atoms with Gasteiger partial charge in [0.15, 0.2) is 0 Å². The van der Waals surface area contributed by atoms with Crippen LogP contribution in [0.1, 0.15) is 31.4 Å². The topological polar surface area (TPSA) is 60.6 Å². The minimum atomic E-state index is 0.323. The Morgan fingerprint density at radius 2 is 2.18 bits per heavy atom. The highest BCUT2D eigenvalue weighted by molar-refractivity contribution is 5.45. The van der Waals surface area contributed by atoms with Crippen molar-refractivity contribution in [2.45, 2.75) is 33.4 Å². The summed E-state index contributed by atoms with van der Waals surface area (Å²) in [5.74, 6) is 0.934. The minimum Gasteiger partial charge on any atom is -0.375 e. The molecule has 0 aliphatic heterocycles. The smallest absolute Gasteiger partial charge is 0.146 e. The van der Waals surface area contributed by atoms with Crippen molar-refractivity contribution >= 4 is 5.69 Å². The number of nitrogens with zero attached hydrogens (tertiary/aromatic N) is 5. The first kappa shape index (κ1) is 11.6. The molecule has 92 valence electrons. The second-order valence-electron chi connectivity index (χ2n) is 4.37. The summed E-state index contributed by atoms with van der Waals surface area (Å²) >= 11 is 0. The van der Waals surface area contributed by atoms with Crippen LogP contribution < -0.4 is 5.32 Å². The molecule has 0 bridgehead atoms. The van der Waals surface area contributed by atoms with E-state index in [0.717, 1.165) is 17.2 Å². The van der Waals surface area contributed by atoms with Crippen LogP contribution in [-0.4, -0.2) is 24.5 Å². The van der Waals surface area contributed by atoms with Crippen molar-refractivity contribution in [3.05, 3.63) is 24.0 Å². The maximum atomic E-state index is 4.28. The van der Waals surface area contributed by atoms with Gasteiger partial charge in [0.2, 0.25) is 0 Å². The van der Waals surface area contributed by atoms with Crippen molar-refractivity contribution in [2.24, 2.45) is 7.05 Å². The molecule has 0 radical (unpaired) electrons. The number of nitrogens with one attached hydrogen (secondary N) is 1. The maximum absolute atomic E-state index is 4.28. The van der Waals surface area contributed by atoms with E-state index in [1.165, 1.54) is 0 Å². The molecular weight excluding hydrogens is 216 g/mol. The van der Waals surface area contributed by atoms with Crippen molar-refractivity contribution in [1.29, 1.82) is 0 Å². The monoisotopic (exact) mass is 234 g/mol. The van der Waals surface area contributed by atoms with Crippen LogP contribution >= 0.6 is 0 Å².